The van der Waals surface area contributed by atoms with Gasteiger partial charge in [0.2, 0.25) is 5.75 Å². The van der Waals surface area contributed by atoms with Gasteiger partial charge in [-0.1, -0.05) is 0 Å². The number of hydrogen-bond donors (Lipinski definition) is 1. The summed E-state index contributed by atoms with van der Waals surface area (Å²) in [5.74, 6) is -0.388. The van der Waals surface area contributed by atoms with Gasteiger partial charge >= 0.3 is 12.3 Å². The van der Waals surface area contributed by atoms with Gasteiger partial charge in [0.15, 0.2) is 0 Å². The summed E-state index contributed by atoms with van der Waals surface area (Å²) in [5, 5.41) is 14.5. The van der Waals surface area contributed by atoms with Crippen LogP contribution in [0.4, 0.5) is 20.2 Å². The lowest BCUT2D eigenvalue weighted by molar-refractivity contribution is -0.386. The molecule has 126 valence electrons. The zero-order valence-corrected chi connectivity index (χ0v) is 12.6. The van der Waals surface area contributed by atoms with Crippen molar-refractivity contribution in [3.05, 3.63) is 28.3 Å². The molecule has 1 aliphatic carbocycles. The molecule has 6 nitrogen and oxygen atoms in total. The van der Waals surface area contributed by atoms with Gasteiger partial charge in [-0.25, -0.2) is 0 Å². The smallest absolute Gasteiger partial charge is 0.387 e. The number of nitrogens with zero attached hydrogens (tertiary/aromatic N) is 2. The first-order chi connectivity index (χ1) is 11.0. The van der Waals surface area contributed by atoms with Crippen molar-refractivity contribution in [3.8, 4) is 5.75 Å². The van der Waals surface area contributed by atoms with Crippen molar-refractivity contribution in [2.24, 2.45) is 0 Å². The summed E-state index contributed by atoms with van der Waals surface area (Å²) in [5.41, 5.74) is 0.232. The number of hydrogen-bond acceptors (Lipinski definition) is 5. The van der Waals surface area contributed by atoms with Crippen LogP contribution in [0.2, 0.25) is 0 Å². The summed E-state index contributed by atoms with van der Waals surface area (Å²) < 4.78 is 29.2. The number of anilines is 1. The Balaban J connectivity index is 1.68. The molecule has 0 radical (unpaired) electrons. The third-order valence-corrected chi connectivity index (χ3v) is 4.27. The third-order valence-electron chi connectivity index (χ3n) is 4.27. The number of halogens is 2. The van der Waals surface area contributed by atoms with Gasteiger partial charge in [-0.15, -0.1) is 0 Å². The van der Waals surface area contributed by atoms with E-state index in [4.69, 9.17) is 0 Å². The molecule has 0 bridgehead atoms. The second-order valence-electron chi connectivity index (χ2n) is 5.99. The molecule has 0 spiro atoms. The fraction of sp³-hybridized carbons (Fsp3) is 0.600. The van der Waals surface area contributed by atoms with Gasteiger partial charge in [0, 0.05) is 43.0 Å². The van der Waals surface area contributed by atoms with Gasteiger partial charge < -0.3 is 15.0 Å². The molecule has 1 aromatic rings. The molecule has 0 aromatic heterocycles. The Hall–Kier alpha value is -1.96. The van der Waals surface area contributed by atoms with Crippen molar-refractivity contribution in [2.45, 2.75) is 44.4 Å². The predicted molar refractivity (Wildman–Crippen MR) is 81.1 cm³/mol. The minimum Gasteiger partial charge on any atom is -0.427 e. The topological polar surface area (TPSA) is 67.6 Å². The SMILES string of the molecule is O=[N+]([O-])c1ccc(N2CCC(NC3CC3)CC2)cc1OC(F)F. The molecule has 1 heterocycles. The fourth-order valence-electron chi connectivity index (χ4n) is 2.93. The molecule has 1 aromatic carbocycles. The first-order valence-electron chi connectivity index (χ1n) is 7.77. The maximum atomic E-state index is 12.4. The lowest BCUT2D eigenvalue weighted by Gasteiger charge is -2.34. The van der Waals surface area contributed by atoms with E-state index in [2.05, 4.69) is 10.1 Å². The normalized spacial score (nSPS) is 19.2. The first kappa shape index (κ1) is 15.9. The summed E-state index contributed by atoms with van der Waals surface area (Å²) >= 11 is 0. The van der Waals surface area contributed by atoms with Crippen molar-refractivity contribution in [1.82, 2.24) is 5.32 Å². The zero-order valence-electron chi connectivity index (χ0n) is 12.6. The number of nitrogens with one attached hydrogen (secondary N) is 1. The van der Waals surface area contributed by atoms with Gasteiger partial charge in [0.25, 0.3) is 0 Å². The molecule has 0 unspecified atom stereocenters. The largest absolute Gasteiger partial charge is 0.427 e. The number of ether oxygens (including phenoxy) is 1. The molecular weight excluding hydrogens is 308 g/mol. The van der Waals surface area contributed by atoms with Crippen LogP contribution in [0.15, 0.2) is 18.2 Å². The molecular formula is C15H19F2N3O3. The minimum atomic E-state index is -3.09. The Bertz CT molecular complexity index is 573. The van der Waals surface area contributed by atoms with Crippen LogP contribution in [0.25, 0.3) is 0 Å². The van der Waals surface area contributed by atoms with Crippen LogP contribution in [0.1, 0.15) is 25.7 Å². The highest BCUT2D eigenvalue weighted by atomic mass is 19.3. The fourth-order valence-corrected chi connectivity index (χ4v) is 2.93. The van der Waals surface area contributed by atoms with Crippen molar-refractivity contribution < 1.29 is 18.4 Å². The summed E-state index contributed by atoms with van der Waals surface area (Å²) in [6.07, 6.45) is 4.44. The van der Waals surface area contributed by atoms with Gasteiger partial charge in [0.1, 0.15) is 0 Å². The van der Waals surface area contributed by atoms with E-state index in [1.165, 1.54) is 25.0 Å². The average Bonchev–Trinajstić information content (AvgIpc) is 3.31. The van der Waals surface area contributed by atoms with Crippen molar-refractivity contribution in [1.29, 1.82) is 0 Å². The van der Waals surface area contributed by atoms with Crippen LogP contribution in [-0.4, -0.2) is 36.7 Å². The maximum absolute atomic E-state index is 12.4. The first-order valence-corrected chi connectivity index (χ1v) is 7.77. The second-order valence-corrected chi connectivity index (χ2v) is 5.99. The lowest BCUT2D eigenvalue weighted by Crippen LogP contribution is -2.43. The Morgan fingerprint density at radius 3 is 2.43 bits per heavy atom. The van der Waals surface area contributed by atoms with E-state index < -0.39 is 17.2 Å². The van der Waals surface area contributed by atoms with Crippen molar-refractivity contribution >= 4 is 11.4 Å². The lowest BCUT2D eigenvalue weighted by atomic mass is 10.0. The number of nitro groups is 1. The van der Waals surface area contributed by atoms with Crippen molar-refractivity contribution in [3.63, 3.8) is 0 Å². The number of piperidine rings is 1. The zero-order chi connectivity index (χ0) is 16.4. The van der Waals surface area contributed by atoms with Gasteiger partial charge in [-0.05, 0) is 31.7 Å². The third kappa shape index (κ3) is 4.07. The van der Waals surface area contributed by atoms with E-state index in [9.17, 15) is 18.9 Å². The van der Waals surface area contributed by atoms with Gasteiger partial charge in [0.05, 0.1) is 4.92 Å². The highest BCUT2D eigenvalue weighted by Crippen LogP contribution is 2.34. The monoisotopic (exact) mass is 327 g/mol. The Labute approximate surface area is 132 Å². The van der Waals surface area contributed by atoms with Crippen molar-refractivity contribution in [2.75, 3.05) is 18.0 Å². The number of nitro benzene ring substituents is 1. The number of alkyl halides is 2. The predicted octanol–water partition coefficient (Wildman–Crippen LogP) is 2.92. The van der Waals surface area contributed by atoms with E-state index >= 15 is 0 Å². The highest BCUT2D eigenvalue weighted by molar-refractivity contribution is 5.59. The standard InChI is InChI=1S/C15H19F2N3O3/c16-15(17)23-14-9-12(3-4-13(14)20(21)22)19-7-5-11(6-8-19)18-10-1-2-10/h3-4,9-11,15,18H,1-2,5-8H2. The van der Waals surface area contributed by atoms with Crippen LogP contribution < -0.4 is 15.0 Å². The Morgan fingerprint density at radius 2 is 1.87 bits per heavy atom. The van der Waals surface area contributed by atoms with Crippen LogP contribution in [0.3, 0.4) is 0 Å². The molecule has 2 aliphatic rings. The van der Waals surface area contributed by atoms with E-state index in [0.29, 0.717) is 17.8 Å². The molecule has 1 aliphatic heterocycles. The van der Waals surface area contributed by atoms with E-state index in [-0.39, 0.29) is 5.75 Å². The molecule has 2 fully saturated rings. The highest BCUT2D eigenvalue weighted by Gasteiger charge is 2.28. The van der Waals surface area contributed by atoms with E-state index in [0.717, 1.165) is 25.9 Å². The van der Waals surface area contributed by atoms with E-state index in [1.54, 1.807) is 6.07 Å². The van der Waals surface area contributed by atoms with Crippen LogP contribution in [0, 0.1) is 10.1 Å². The molecule has 23 heavy (non-hydrogen) atoms. The molecule has 1 saturated carbocycles. The molecule has 8 heteroatoms. The van der Waals surface area contributed by atoms with Gasteiger partial charge in [-0.3, -0.25) is 10.1 Å². The molecule has 3 rings (SSSR count). The minimum absolute atomic E-state index is 0.388. The average molecular weight is 327 g/mol. The summed E-state index contributed by atoms with van der Waals surface area (Å²) in [6.45, 7) is -1.51. The number of rotatable bonds is 6. The summed E-state index contributed by atoms with van der Waals surface area (Å²) in [4.78, 5) is 12.2. The molecule has 0 amide bonds. The Morgan fingerprint density at radius 1 is 1.22 bits per heavy atom. The quantitative estimate of drug-likeness (QED) is 0.643. The number of benzene rings is 1. The summed E-state index contributed by atoms with van der Waals surface area (Å²) in [7, 11) is 0. The molecule has 1 saturated heterocycles. The summed E-state index contributed by atoms with van der Waals surface area (Å²) in [6, 6.07) is 5.30. The van der Waals surface area contributed by atoms with Crippen LogP contribution in [-0.2, 0) is 0 Å². The Kier molecular flexibility index (Phi) is 4.61. The van der Waals surface area contributed by atoms with Crippen LogP contribution in [0.5, 0.6) is 5.75 Å². The molecule has 0 atom stereocenters. The molecule has 1 N–H and O–H groups in total. The van der Waals surface area contributed by atoms with E-state index in [1.807, 2.05) is 4.90 Å². The van der Waals surface area contributed by atoms with Gasteiger partial charge in [-0.2, -0.15) is 8.78 Å². The second kappa shape index (κ2) is 6.66. The van der Waals surface area contributed by atoms with Crippen LogP contribution >= 0.6 is 0 Å². The maximum Gasteiger partial charge on any atom is 0.387 e.